The van der Waals surface area contributed by atoms with Crippen LogP contribution in [-0.4, -0.2) is 11.6 Å². The lowest BCUT2D eigenvalue weighted by Gasteiger charge is -2.04. The Morgan fingerprint density at radius 3 is 2.79 bits per heavy atom. The number of aryl methyl sites for hydroxylation is 1. The van der Waals surface area contributed by atoms with Gasteiger partial charge in [0.25, 0.3) is 0 Å². The quantitative estimate of drug-likeness (QED) is 0.776. The van der Waals surface area contributed by atoms with E-state index in [1.54, 1.807) is 18.2 Å². The summed E-state index contributed by atoms with van der Waals surface area (Å²) in [5.74, 6) is 6.39. The van der Waals surface area contributed by atoms with E-state index < -0.39 is 0 Å². The molecule has 0 spiro atoms. The van der Waals surface area contributed by atoms with E-state index in [9.17, 15) is 0 Å². The van der Waals surface area contributed by atoms with Crippen molar-refractivity contribution in [1.82, 2.24) is 4.98 Å². The van der Waals surface area contributed by atoms with Crippen LogP contribution in [0.25, 0.3) is 0 Å². The highest BCUT2D eigenvalue weighted by Crippen LogP contribution is 2.27. The molecule has 0 atom stereocenters. The molecule has 96 valence electrons. The van der Waals surface area contributed by atoms with E-state index in [0.29, 0.717) is 15.8 Å². The molecule has 0 fully saturated rings. The minimum Gasteiger partial charge on any atom is -0.479 e. The zero-order chi connectivity index (χ0) is 13.7. The lowest BCUT2D eigenvalue weighted by Crippen LogP contribution is -1.95. The minimum absolute atomic E-state index is 0.247. The van der Waals surface area contributed by atoms with Gasteiger partial charge in [-0.05, 0) is 43.2 Å². The summed E-state index contributed by atoms with van der Waals surface area (Å²) in [6.07, 6.45) is 0. The standard InChI is InChI=1S/C15H11Cl2NO/c1-11-4-2-5-13(18-11)6-3-9-19-15-8-7-12(16)10-14(15)17/h2,4-5,7-8,10H,9H2,1H3. The van der Waals surface area contributed by atoms with Crippen molar-refractivity contribution in [3.8, 4) is 17.6 Å². The lowest BCUT2D eigenvalue weighted by atomic mass is 10.3. The fourth-order valence-corrected chi connectivity index (χ4v) is 1.91. The number of halogens is 2. The van der Waals surface area contributed by atoms with Crippen LogP contribution in [0.15, 0.2) is 36.4 Å². The third kappa shape index (κ3) is 4.17. The molecular formula is C15H11Cl2NO. The molecule has 1 heterocycles. The zero-order valence-corrected chi connectivity index (χ0v) is 11.8. The van der Waals surface area contributed by atoms with Crippen LogP contribution >= 0.6 is 23.2 Å². The van der Waals surface area contributed by atoms with Crippen LogP contribution in [-0.2, 0) is 0 Å². The molecule has 0 aliphatic rings. The molecule has 0 unspecified atom stereocenters. The molecule has 1 aromatic carbocycles. The second-order valence-electron chi connectivity index (χ2n) is 3.83. The highest BCUT2D eigenvalue weighted by molar-refractivity contribution is 6.35. The number of ether oxygens (including phenoxy) is 1. The first kappa shape index (κ1) is 13.7. The van der Waals surface area contributed by atoms with E-state index in [4.69, 9.17) is 27.9 Å². The summed E-state index contributed by atoms with van der Waals surface area (Å²) in [4.78, 5) is 4.27. The third-order valence-electron chi connectivity index (χ3n) is 2.30. The van der Waals surface area contributed by atoms with Gasteiger partial charge in [-0.1, -0.05) is 35.2 Å². The first-order chi connectivity index (χ1) is 9.15. The topological polar surface area (TPSA) is 22.1 Å². The fraction of sp³-hybridized carbons (Fsp3) is 0.133. The molecule has 4 heteroatoms. The smallest absolute Gasteiger partial charge is 0.149 e. The Balaban J connectivity index is 1.97. The van der Waals surface area contributed by atoms with E-state index in [1.807, 2.05) is 25.1 Å². The van der Waals surface area contributed by atoms with Gasteiger partial charge in [-0.2, -0.15) is 0 Å². The molecular weight excluding hydrogens is 281 g/mol. The molecule has 0 saturated carbocycles. The number of aromatic nitrogens is 1. The van der Waals surface area contributed by atoms with Crippen LogP contribution < -0.4 is 4.74 Å². The van der Waals surface area contributed by atoms with Gasteiger partial charge in [0.05, 0.1) is 5.02 Å². The number of nitrogens with zero attached hydrogens (tertiary/aromatic N) is 1. The molecule has 0 amide bonds. The van der Waals surface area contributed by atoms with Gasteiger partial charge in [0.15, 0.2) is 0 Å². The van der Waals surface area contributed by atoms with Crippen molar-refractivity contribution in [1.29, 1.82) is 0 Å². The molecule has 0 bridgehead atoms. The van der Waals surface area contributed by atoms with Crippen molar-refractivity contribution in [3.63, 3.8) is 0 Å². The molecule has 19 heavy (non-hydrogen) atoms. The SMILES string of the molecule is Cc1cccc(C#CCOc2ccc(Cl)cc2Cl)n1. The summed E-state index contributed by atoms with van der Waals surface area (Å²) in [6.45, 7) is 2.17. The second kappa shape index (κ2) is 6.47. The fourth-order valence-electron chi connectivity index (χ4n) is 1.45. The van der Waals surface area contributed by atoms with Gasteiger partial charge in [0.2, 0.25) is 0 Å². The Morgan fingerprint density at radius 2 is 2.05 bits per heavy atom. The molecule has 0 aliphatic carbocycles. The van der Waals surface area contributed by atoms with Crippen LogP contribution in [0.5, 0.6) is 5.75 Å². The van der Waals surface area contributed by atoms with Crippen LogP contribution in [0.2, 0.25) is 10.0 Å². The van der Waals surface area contributed by atoms with Crippen LogP contribution in [0.3, 0.4) is 0 Å². The Labute approximate surface area is 122 Å². The molecule has 2 aromatic rings. The number of pyridine rings is 1. The van der Waals surface area contributed by atoms with E-state index in [1.165, 1.54) is 0 Å². The van der Waals surface area contributed by atoms with Crippen molar-refractivity contribution < 1.29 is 4.74 Å². The Kier molecular flexibility index (Phi) is 4.68. The Bertz CT molecular complexity index is 644. The van der Waals surface area contributed by atoms with Gasteiger partial charge in [-0.25, -0.2) is 4.98 Å². The van der Waals surface area contributed by atoms with E-state index in [0.717, 1.165) is 11.4 Å². The lowest BCUT2D eigenvalue weighted by molar-refractivity contribution is 0.370. The molecule has 0 radical (unpaired) electrons. The number of benzene rings is 1. The molecule has 2 rings (SSSR count). The molecule has 1 aromatic heterocycles. The number of rotatable bonds is 2. The summed E-state index contributed by atoms with van der Waals surface area (Å²) in [5, 5.41) is 1.05. The van der Waals surface area contributed by atoms with Gasteiger partial charge in [0.1, 0.15) is 18.1 Å². The average Bonchev–Trinajstić information content (AvgIpc) is 2.37. The van der Waals surface area contributed by atoms with E-state index in [-0.39, 0.29) is 6.61 Å². The minimum atomic E-state index is 0.247. The van der Waals surface area contributed by atoms with Crippen molar-refractivity contribution >= 4 is 23.2 Å². The van der Waals surface area contributed by atoms with Crippen molar-refractivity contribution in [2.45, 2.75) is 6.92 Å². The maximum atomic E-state index is 5.98. The highest BCUT2D eigenvalue weighted by Gasteiger charge is 2.00. The van der Waals surface area contributed by atoms with Gasteiger partial charge in [-0.15, -0.1) is 0 Å². The first-order valence-electron chi connectivity index (χ1n) is 5.65. The normalized spacial score (nSPS) is 9.63. The average molecular weight is 292 g/mol. The predicted molar refractivity (Wildman–Crippen MR) is 77.8 cm³/mol. The van der Waals surface area contributed by atoms with Gasteiger partial charge in [0, 0.05) is 10.7 Å². The molecule has 0 N–H and O–H groups in total. The third-order valence-corrected chi connectivity index (χ3v) is 2.83. The van der Waals surface area contributed by atoms with Gasteiger partial charge < -0.3 is 4.74 Å². The van der Waals surface area contributed by atoms with E-state index in [2.05, 4.69) is 16.8 Å². The van der Waals surface area contributed by atoms with Crippen LogP contribution in [0.4, 0.5) is 0 Å². The second-order valence-corrected chi connectivity index (χ2v) is 4.67. The molecule has 0 aliphatic heterocycles. The summed E-state index contributed by atoms with van der Waals surface area (Å²) >= 11 is 11.8. The van der Waals surface area contributed by atoms with Crippen molar-refractivity contribution in [2.24, 2.45) is 0 Å². The monoisotopic (exact) mass is 291 g/mol. The van der Waals surface area contributed by atoms with Gasteiger partial charge >= 0.3 is 0 Å². The Morgan fingerprint density at radius 1 is 1.21 bits per heavy atom. The summed E-state index contributed by atoms with van der Waals surface area (Å²) in [6, 6.07) is 10.8. The van der Waals surface area contributed by atoms with Crippen molar-refractivity contribution in [3.05, 3.63) is 57.8 Å². The predicted octanol–water partition coefficient (Wildman–Crippen LogP) is 4.13. The van der Waals surface area contributed by atoms with E-state index >= 15 is 0 Å². The first-order valence-corrected chi connectivity index (χ1v) is 6.41. The number of hydrogen-bond donors (Lipinski definition) is 0. The van der Waals surface area contributed by atoms with Crippen LogP contribution in [0, 0.1) is 18.8 Å². The maximum absolute atomic E-state index is 5.98. The van der Waals surface area contributed by atoms with Crippen molar-refractivity contribution in [2.75, 3.05) is 6.61 Å². The summed E-state index contributed by atoms with van der Waals surface area (Å²) < 4.78 is 5.45. The largest absolute Gasteiger partial charge is 0.479 e. The maximum Gasteiger partial charge on any atom is 0.149 e. The zero-order valence-electron chi connectivity index (χ0n) is 10.3. The highest BCUT2D eigenvalue weighted by atomic mass is 35.5. The summed E-state index contributed by atoms with van der Waals surface area (Å²) in [5.41, 5.74) is 1.67. The van der Waals surface area contributed by atoms with Gasteiger partial charge in [-0.3, -0.25) is 0 Å². The van der Waals surface area contributed by atoms with Crippen LogP contribution in [0.1, 0.15) is 11.4 Å². The Hall–Kier alpha value is -1.69. The molecule has 0 saturated heterocycles. The summed E-state index contributed by atoms with van der Waals surface area (Å²) in [7, 11) is 0. The molecule has 2 nitrogen and oxygen atoms in total. The number of hydrogen-bond acceptors (Lipinski definition) is 2.